The molecule has 2 aromatic heterocycles. The van der Waals surface area contributed by atoms with Gasteiger partial charge in [0.05, 0.1) is 16.8 Å². The summed E-state index contributed by atoms with van der Waals surface area (Å²) in [5.41, 5.74) is 1.52. The SMILES string of the molecule is Cc1cc(C(=O)O)cc(-c2cnccc2O)n1. The summed E-state index contributed by atoms with van der Waals surface area (Å²) in [6.07, 6.45) is 2.90. The third-order valence-corrected chi connectivity index (χ3v) is 2.27. The van der Waals surface area contributed by atoms with E-state index in [9.17, 15) is 9.90 Å². The molecule has 2 rings (SSSR count). The summed E-state index contributed by atoms with van der Waals surface area (Å²) in [5.74, 6) is -1.01. The summed E-state index contributed by atoms with van der Waals surface area (Å²) in [6.45, 7) is 1.70. The normalized spacial score (nSPS) is 10.2. The second-order valence-corrected chi connectivity index (χ2v) is 3.58. The van der Waals surface area contributed by atoms with Gasteiger partial charge in [-0.2, -0.15) is 0 Å². The van der Waals surface area contributed by atoms with Crippen LogP contribution in [0, 0.1) is 6.92 Å². The number of aromatic carboxylic acids is 1. The van der Waals surface area contributed by atoms with Crippen LogP contribution in [0.25, 0.3) is 11.3 Å². The molecule has 2 heterocycles. The van der Waals surface area contributed by atoms with Crippen LogP contribution < -0.4 is 0 Å². The highest BCUT2D eigenvalue weighted by molar-refractivity contribution is 5.89. The molecule has 0 spiro atoms. The topological polar surface area (TPSA) is 83.3 Å². The quantitative estimate of drug-likeness (QED) is 0.822. The minimum atomic E-state index is -1.03. The highest BCUT2D eigenvalue weighted by Gasteiger charge is 2.10. The van der Waals surface area contributed by atoms with Gasteiger partial charge in [0.15, 0.2) is 0 Å². The largest absolute Gasteiger partial charge is 0.507 e. The van der Waals surface area contributed by atoms with Crippen LogP contribution in [0.4, 0.5) is 0 Å². The molecule has 0 saturated carbocycles. The second-order valence-electron chi connectivity index (χ2n) is 3.58. The van der Waals surface area contributed by atoms with Gasteiger partial charge in [-0.15, -0.1) is 0 Å². The molecule has 0 amide bonds. The number of pyridine rings is 2. The Bertz CT molecular complexity index is 582. The van der Waals surface area contributed by atoms with Gasteiger partial charge in [-0.05, 0) is 25.1 Å². The first-order chi connectivity index (χ1) is 8.08. The predicted molar refractivity (Wildman–Crippen MR) is 60.8 cm³/mol. The Labute approximate surface area is 97.4 Å². The Kier molecular flexibility index (Phi) is 2.74. The molecule has 2 aromatic rings. The van der Waals surface area contributed by atoms with Crippen molar-refractivity contribution in [2.45, 2.75) is 6.92 Å². The van der Waals surface area contributed by atoms with Crippen molar-refractivity contribution in [1.82, 2.24) is 9.97 Å². The van der Waals surface area contributed by atoms with E-state index in [0.29, 0.717) is 17.0 Å². The van der Waals surface area contributed by atoms with E-state index in [0.717, 1.165) is 0 Å². The fourth-order valence-electron chi connectivity index (χ4n) is 1.51. The first kappa shape index (κ1) is 11.1. The highest BCUT2D eigenvalue weighted by Crippen LogP contribution is 2.26. The van der Waals surface area contributed by atoms with Crippen LogP contribution in [0.3, 0.4) is 0 Å². The molecule has 0 radical (unpaired) electrons. The molecular formula is C12H10N2O3. The van der Waals surface area contributed by atoms with E-state index in [1.807, 2.05) is 0 Å². The van der Waals surface area contributed by atoms with Crippen LogP contribution >= 0.6 is 0 Å². The number of aromatic nitrogens is 2. The van der Waals surface area contributed by atoms with Gasteiger partial charge in [-0.25, -0.2) is 4.79 Å². The molecule has 17 heavy (non-hydrogen) atoms. The van der Waals surface area contributed by atoms with Crippen molar-refractivity contribution in [2.24, 2.45) is 0 Å². The number of hydrogen-bond acceptors (Lipinski definition) is 4. The summed E-state index contributed by atoms with van der Waals surface area (Å²) >= 11 is 0. The van der Waals surface area contributed by atoms with Crippen LogP contribution in [0.1, 0.15) is 16.1 Å². The maximum Gasteiger partial charge on any atom is 0.335 e. The number of hydrogen-bond donors (Lipinski definition) is 2. The number of nitrogens with zero attached hydrogens (tertiary/aromatic N) is 2. The second kappa shape index (κ2) is 4.21. The van der Waals surface area contributed by atoms with E-state index < -0.39 is 5.97 Å². The predicted octanol–water partition coefficient (Wildman–Crippen LogP) is 1.86. The lowest BCUT2D eigenvalue weighted by atomic mass is 10.1. The Balaban J connectivity index is 2.60. The van der Waals surface area contributed by atoms with Gasteiger partial charge in [0, 0.05) is 18.1 Å². The molecule has 5 heteroatoms. The number of carboxylic acid groups (broad SMARTS) is 1. The maximum absolute atomic E-state index is 10.9. The zero-order chi connectivity index (χ0) is 12.4. The third-order valence-electron chi connectivity index (χ3n) is 2.27. The zero-order valence-corrected chi connectivity index (χ0v) is 9.08. The lowest BCUT2D eigenvalue weighted by Crippen LogP contribution is -1.99. The molecule has 0 atom stereocenters. The Hall–Kier alpha value is -2.43. The number of aromatic hydroxyl groups is 1. The van der Waals surface area contributed by atoms with E-state index in [1.165, 1.54) is 30.6 Å². The Morgan fingerprint density at radius 2 is 2.12 bits per heavy atom. The molecule has 0 unspecified atom stereocenters. The summed E-state index contributed by atoms with van der Waals surface area (Å²) in [5, 5.41) is 18.6. The minimum absolute atomic E-state index is 0.0226. The van der Waals surface area contributed by atoms with Crippen LogP contribution in [0.15, 0.2) is 30.6 Å². The van der Waals surface area contributed by atoms with Crippen molar-refractivity contribution in [2.75, 3.05) is 0 Å². The maximum atomic E-state index is 10.9. The van der Waals surface area contributed by atoms with Crippen molar-refractivity contribution < 1.29 is 15.0 Å². The van der Waals surface area contributed by atoms with E-state index in [2.05, 4.69) is 9.97 Å². The summed E-state index contributed by atoms with van der Waals surface area (Å²) in [7, 11) is 0. The van der Waals surface area contributed by atoms with Gasteiger partial charge in [0.25, 0.3) is 0 Å². The number of rotatable bonds is 2. The van der Waals surface area contributed by atoms with Crippen molar-refractivity contribution >= 4 is 5.97 Å². The fourth-order valence-corrected chi connectivity index (χ4v) is 1.51. The highest BCUT2D eigenvalue weighted by atomic mass is 16.4. The summed E-state index contributed by atoms with van der Waals surface area (Å²) in [4.78, 5) is 19.0. The first-order valence-electron chi connectivity index (χ1n) is 4.93. The molecular weight excluding hydrogens is 220 g/mol. The van der Waals surface area contributed by atoms with Gasteiger partial charge in [-0.3, -0.25) is 9.97 Å². The molecule has 2 N–H and O–H groups in total. The van der Waals surface area contributed by atoms with E-state index in [1.54, 1.807) is 6.92 Å². The van der Waals surface area contributed by atoms with E-state index in [-0.39, 0.29) is 11.3 Å². The van der Waals surface area contributed by atoms with Gasteiger partial charge in [-0.1, -0.05) is 0 Å². The Morgan fingerprint density at radius 3 is 2.76 bits per heavy atom. The molecule has 86 valence electrons. The molecule has 0 saturated heterocycles. The monoisotopic (exact) mass is 230 g/mol. The van der Waals surface area contributed by atoms with E-state index in [4.69, 9.17) is 5.11 Å². The van der Waals surface area contributed by atoms with Crippen LogP contribution in [0.2, 0.25) is 0 Å². The zero-order valence-electron chi connectivity index (χ0n) is 9.08. The Morgan fingerprint density at radius 1 is 1.35 bits per heavy atom. The van der Waals surface area contributed by atoms with Gasteiger partial charge >= 0.3 is 5.97 Å². The lowest BCUT2D eigenvalue weighted by molar-refractivity contribution is 0.0696. The molecule has 5 nitrogen and oxygen atoms in total. The van der Waals surface area contributed by atoms with E-state index >= 15 is 0 Å². The summed E-state index contributed by atoms with van der Waals surface area (Å²) in [6, 6.07) is 4.31. The molecule has 0 aromatic carbocycles. The van der Waals surface area contributed by atoms with Gasteiger partial charge in [0.1, 0.15) is 5.75 Å². The molecule has 0 aliphatic rings. The van der Waals surface area contributed by atoms with Gasteiger partial charge in [0.2, 0.25) is 0 Å². The van der Waals surface area contributed by atoms with Crippen LogP contribution in [-0.2, 0) is 0 Å². The molecule has 0 aliphatic heterocycles. The van der Waals surface area contributed by atoms with Crippen molar-refractivity contribution in [3.63, 3.8) is 0 Å². The fraction of sp³-hybridized carbons (Fsp3) is 0.0833. The van der Waals surface area contributed by atoms with Crippen molar-refractivity contribution in [3.8, 4) is 17.0 Å². The average Bonchev–Trinajstić information content (AvgIpc) is 2.28. The van der Waals surface area contributed by atoms with Gasteiger partial charge < -0.3 is 10.2 Å². The van der Waals surface area contributed by atoms with Crippen molar-refractivity contribution in [3.05, 3.63) is 41.9 Å². The van der Waals surface area contributed by atoms with Crippen LogP contribution in [0.5, 0.6) is 5.75 Å². The molecule has 0 fully saturated rings. The number of aryl methyl sites for hydroxylation is 1. The lowest BCUT2D eigenvalue weighted by Gasteiger charge is -2.05. The first-order valence-corrected chi connectivity index (χ1v) is 4.93. The van der Waals surface area contributed by atoms with Crippen molar-refractivity contribution in [1.29, 1.82) is 0 Å². The molecule has 0 bridgehead atoms. The minimum Gasteiger partial charge on any atom is -0.507 e. The standard InChI is InChI=1S/C12H10N2O3/c1-7-4-8(12(16)17)5-10(14-7)9-6-13-3-2-11(9)15/h2-6H,1H3,(H,13,15)(H,16,17). The van der Waals surface area contributed by atoms with Crippen LogP contribution in [-0.4, -0.2) is 26.2 Å². The smallest absolute Gasteiger partial charge is 0.335 e. The summed E-state index contributed by atoms with van der Waals surface area (Å²) < 4.78 is 0. The average molecular weight is 230 g/mol. The number of carbonyl (C=O) groups is 1. The number of carboxylic acids is 1. The third kappa shape index (κ3) is 2.23. The molecule has 0 aliphatic carbocycles.